The van der Waals surface area contributed by atoms with Crippen molar-refractivity contribution in [3.8, 4) is 0 Å². The zero-order valence-electron chi connectivity index (χ0n) is 9.92. The summed E-state index contributed by atoms with van der Waals surface area (Å²) < 4.78 is 0. The molecule has 2 amide bonds. The number of hydrogen-bond donors (Lipinski definition) is 1. The Morgan fingerprint density at radius 2 is 2.00 bits per heavy atom. The molecule has 2 rings (SSSR count). The lowest BCUT2D eigenvalue weighted by atomic mass is 9.93. The molecule has 1 spiro atoms. The Morgan fingerprint density at radius 1 is 1.31 bits per heavy atom. The Kier molecular flexibility index (Phi) is 3.17. The van der Waals surface area contributed by atoms with Gasteiger partial charge in [-0.2, -0.15) is 0 Å². The summed E-state index contributed by atoms with van der Waals surface area (Å²) in [5.74, 6) is 0.163. The van der Waals surface area contributed by atoms with Crippen molar-refractivity contribution in [2.24, 2.45) is 0 Å². The van der Waals surface area contributed by atoms with Crippen molar-refractivity contribution in [3.63, 3.8) is 0 Å². The van der Waals surface area contributed by atoms with E-state index in [1.54, 1.807) is 4.90 Å². The first kappa shape index (κ1) is 11.4. The van der Waals surface area contributed by atoms with Crippen LogP contribution >= 0.6 is 0 Å². The highest BCUT2D eigenvalue weighted by atomic mass is 16.2. The zero-order valence-corrected chi connectivity index (χ0v) is 9.92. The molecule has 4 heteroatoms. The van der Waals surface area contributed by atoms with Crippen molar-refractivity contribution < 1.29 is 9.59 Å². The molecule has 0 atom stereocenters. The second-order valence-electron chi connectivity index (χ2n) is 4.92. The predicted molar refractivity (Wildman–Crippen MR) is 60.8 cm³/mol. The van der Waals surface area contributed by atoms with Gasteiger partial charge < -0.3 is 10.2 Å². The van der Waals surface area contributed by atoms with Gasteiger partial charge in [-0.15, -0.1) is 0 Å². The molecule has 0 aromatic rings. The maximum Gasteiger partial charge on any atom is 0.248 e. The Bertz CT molecular complexity index is 295. The van der Waals surface area contributed by atoms with Gasteiger partial charge >= 0.3 is 0 Å². The highest BCUT2D eigenvalue weighted by Crippen LogP contribution is 2.33. The summed E-state index contributed by atoms with van der Waals surface area (Å²) in [6.45, 7) is 3.07. The monoisotopic (exact) mass is 224 g/mol. The van der Waals surface area contributed by atoms with Crippen LogP contribution in [-0.2, 0) is 9.59 Å². The SMILES string of the molecule is CCCCN1CC(=O)NC2(CCCC2)C1=O. The first-order chi connectivity index (χ1) is 7.68. The van der Waals surface area contributed by atoms with E-state index >= 15 is 0 Å². The fourth-order valence-electron chi connectivity index (χ4n) is 2.75. The van der Waals surface area contributed by atoms with E-state index in [1.807, 2.05) is 0 Å². The molecule has 1 heterocycles. The molecule has 1 aliphatic carbocycles. The van der Waals surface area contributed by atoms with E-state index in [2.05, 4.69) is 12.2 Å². The number of nitrogens with zero attached hydrogens (tertiary/aromatic N) is 1. The number of nitrogens with one attached hydrogen (secondary N) is 1. The number of unbranched alkanes of at least 4 members (excludes halogenated alkanes) is 1. The van der Waals surface area contributed by atoms with Crippen molar-refractivity contribution in [2.45, 2.75) is 51.0 Å². The van der Waals surface area contributed by atoms with E-state index in [-0.39, 0.29) is 18.4 Å². The average molecular weight is 224 g/mol. The van der Waals surface area contributed by atoms with Crippen LogP contribution in [0.25, 0.3) is 0 Å². The third-order valence-corrected chi connectivity index (χ3v) is 3.65. The normalized spacial score (nSPS) is 23.9. The number of carbonyl (C=O) groups excluding carboxylic acids is 2. The average Bonchev–Trinajstić information content (AvgIpc) is 2.71. The topological polar surface area (TPSA) is 49.4 Å². The fourth-order valence-corrected chi connectivity index (χ4v) is 2.75. The molecule has 2 fully saturated rings. The van der Waals surface area contributed by atoms with Crippen molar-refractivity contribution in [3.05, 3.63) is 0 Å². The number of hydrogen-bond acceptors (Lipinski definition) is 2. The van der Waals surface area contributed by atoms with E-state index in [9.17, 15) is 9.59 Å². The third-order valence-electron chi connectivity index (χ3n) is 3.65. The summed E-state index contributed by atoms with van der Waals surface area (Å²) in [6, 6.07) is 0. The highest BCUT2D eigenvalue weighted by molar-refractivity contribution is 5.98. The Balaban J connectivity index is 2.09. The minimum absolute atomic E-state index is 0.0117. The summed E-state index contributed by atoms with van der Waals surface area (Å²) in [5, 5.41) is 2.92. The van der Waals surface area contributed by atoms with Crippen LogP contribution in [0.4, 0.5) is 0 Å². The van der Waals surface area contributed by atoms with Gasteiger partial charge in [0.25, 0.3) is 0 Å². The molecule has 4 nitrogen and oxygen atoms in total. The first-order valence-electron chi connectivity index (χ1n) is 6.28. The smallest absolute Gasteiger partial charge is 0.248 e. The van der Waals surface area contributed by atoms with Crippen LogP contribution < -0.4 is 5.32 Å². The number of carbonyl (C=O) groups is 2. The van der Waals surface area contributed by atoms with Crippen LogP contribution in [0.3, 0.4) is 0 Å². The van der Waals surface area contributed by atoms with Gasteiger partial charge in [-0.1, -0.05) is 26.2 Å². The van der Waals surface area contributed by atoms with Gasteiger partial charge in [0.05, 0.1) is 6.54 Å². The van der Waals surface area contributed by atoms with Gasteiger partial charge in [-0.05, 0) is 19.3 Å². The van der Waals surface area contributed by atoms with E-state index in [0.29, 0.717) is 0 Å². The van der Waals surface area contributed by atoms with Crippen molar-refractivity contribution in [1.29, 1.82) is 0 Å². The lowest BCUT2D eigenvalue weighted by molar-refractivity contribution is -0.149. The summed E-state index contributed by atoms with van der Waals surface area (Å²) in [7, 11) is 0. The molecular formula is C12H20N2O2. The molecule has 0 radical (unpaired) electrons. The Morgan fingerprint density at radius 3 is 2.62 bits per heavy atom. The number of rotatable bonds is 3. The quantitative estimate of drug-likeness (QED) is 0.779. The van der Waals surface area contributed by atoms with Gasteiger partial charge in [0.2, 0.25) is 11.8 Å². The van der Waals surface area contributed by atoms with Crippen LogP contribution in [0.1, 0.15) is 45.4 Å². The zero-order chi connectivity index (χ0) is 11.6. The molecule has 0 aromatic carbocycles. The predicted octanol–water partition coefficient (Wildman–Crippen LogP) is 1.06. The van der Waals surface area contributed by atoms with Gasteiger partial charge in [-0.3, -0.25) is 9.59 Å². The van der Waals surface area contributed by atoms with E-state index in [1.165, 1.54) is 0 Å². The number of piperazine rings is 1. The molecule has 90 valence electrons. The van der Waals surface area contributed by atoms with Gasteiger partial charge in [0, 0.05) is 6.54 Å². The molecule has 1 N–H and O–H groups in total. The van der Waals surface area contributed by atoms with Crippen molar-refractivity contribution in [1.82, 2.24) is 10.2 Å². The van der Waals surface area contributed by atoms with Crippen LogP contribution in [-0.4, -0.2) is 35.3 Å². The second kappa shape index (κ2) is 4.44. The molecule has 1 saturated heterocycles. The lowest BCUT2D eigenvalue weighted by Gasteiger charge is -2.39. The van der Waals surface area contributed by atoms with E-state index in [4.69, 9.17) is 0 Å². The molecule has 0 aromatic heterocycles. The third kappa shape index (κ3) is 1.93. The molecule has 2 aliphatic rings. The summed E-state index contributed by atoms with van der Waals surface area (Å²) in [6.07, 6.45) is 5.77. The largest absolute Gasteiger partial charge is 0.340 e. The maximum atomic E-state index is 12.3. The minimum atomic E-state index is -0.539. The van der Waals surface area contributed by atoms with Gasteiger partial charge in [0.15, 0.2) is 0 Å². The molecule has 0 unspecified atom stereocenters. The molecule has 16 heavy (non-hydrogen) atoms. The van der Waals surface area contributed by atoms with Gasteiger partial charge in [-0.25, -0.2) is 0 Å². The standard InChI is InChI=1S/C12H20N2O2/c1-2-3-8-14-9-10(15)13-12(11(14)16)6-4-5-7-12/h2-9H2,1H3,(H,13,15). The van der Waals surface area contributed by atoms with Gasteiger partial charge in [0.1, 0.15) is 5.54 Å². The first-order valence-corrected chi connectivity index (χ1v) is 6.28. The van der Waals surface area contributed by atoms with E-state index < -0.39 is 5.54 Å². The minimum Gasteiger partial charge on any atom is -0.340 e. The van der Waals surface area contributed by atoms with E-state index in [0.717, 1.165) is 45.1 Å². The van der Waals surface area contributed by atoms with Crippen LogP contribution in [0.15, 0.2) is 0 Å². The summed E-state index contributed by atoms with van der Waals surface area (Å²) in [5.41, 5.74) is -0.539. The molecule has 1 saturated carbocycles. The van der Waals surface area contributed by atoms with Crippen LogP contribution in [0.2, 0.25) is 0 Å². The molecular weight excluding hydrogens is 204 g/mol. The lowest BCUT2D eigenvalue weighted by Crippen LogP contribution is -2.65. The molecule has 0 bridgehead atoms. The Hall–Kier alpha value is -1.06. The van der Waals surface area contributed by atoms with Crippen molar-refractivity contribution in [2.75, 3.05) is 13.1 Å². The maximum absolute atomic E-state index is 12.3. The van der Waals surface area contributed by atoms with Crippen LogP contribution in [0.5, 0.6) is 0 Å². The fraction of sp³-hybridized carbons (Fsp3) is 0.833. The Labute approximate surface area is 96.4 Å². The number of amides is 2. The molecule has 1 aliphatic heterocycles. The highest BCUT2D eigenvalue weighted by Gasteiger charge is 2.47. The van der Waals surface area contributed by atoms with Crippen LogP contribution in [0, 0.1) is 0 Å². The van der Waals surface area contributed by atoms with Crippen molar-refractivity contribution >= 4 is 11.8 Å². The second-order valence-corrected chi connectivity index (χ2v) is 4.92. The summed E-state index contributed by atoms with van der Waals surface area (Å²) in [4.78, 5) is 25.7. The summed E-state index contributed by atoms with van der Waals surface area (Å²) >= 11 is 0.